The smallest absolute Gasteiger partial charge is 0.410 e. The number of amides is 2. The molecule has 0 radical (unpaired) electrons. The van der Waals surface area contributed by atoms with E-state index in [0.717, 1.165) is 5.56 Å². The molecule has 1 unspecified atom stereocenters. The van der Waals surface area contributed by atoms with Gasteiger partial charge in [-0.1, -0.05) is 30.3 Å². The molecular weight excluding hydrogens is 246 g/mol. The first kappa shape index (κ1) is 13.4. The molecule has 1 aromatic rings. The quantitative estimate of drug-likeness (QED) is 0.809. The van der Waals surface area contributed by atoms with Gasteiger partial charge in [-0.25, -0.2) is 4.79 Å². The van der Waals surface area contributed by atoms with Gasteiger partial charge in [0.15, 0.2) is 0 Å². The van der Waals surface area contributed by atoms with Crippen molar-refractivity contribution in [2.24, 2.45) is 5.73 Å². The molecule has 2 rings (SSSR count). The number of piperazine rings is 1. The molecule has 0 aromatic heterocycles. The average Bonchev–Trinajstić information content (AvgIpc) is 2.45. The van der Waals surface area contributed by atoms with Crippen LogP contribution in [-0.2, 0) is 16.1 Å². The number of carbonyl (C=O) groups is 2. The summed E-state index contributed by atoms with van der Waals surface area (Å²) in [4.78, 5) is 24.6. The second-order valence-electron chi connectivity index (χ2n) is 4.42. The van der Waals surface area contributed by atoms with Crippen molar-refractivity contribution >= 4 is 12.0 Å². The monoisotopic (exact) mass is 263 g/mol. The molecule has 2 amide bonds. The van der Waals surface area contributed by atoms with Crippen LogP contribution in [0.4, 0.5) is 4.79 Å². The van der Waals surface area contributed by atoms with Crippen LogP contribution in [0, 0.1) is 0 Å². The molecule has 102 valence electrons. The van der Waals surface area contributed by atoms with Crippen LogP contribution in [0.15, 0.2) is 30.3 Å². The zero-order chi connectivity index (χ0) is 13.7. The number of nitrogens with zero attached hydrogens (tertiary/aromatic N) is 1. The van der Waals surface area contributed by atoms with E-state index in [2.05, 4.69) is 5.32 Å². The second-order valence-corrected chi connectivity index (χ2v) is 4.42. The summed E-state index contributed by atoms with van der Waals surface area (Å²) in [7, 11) is 0. The van der Waals surface area contributed by atoms with E-state index in [1.165, 1.54) is 4.90 Å². The predicted octanol–water partition coefficient (Wildman–Crippen LogP) is 0.0823. The zero-order valence-electron chi connectivity index (χ0n) is 10.5. The minimum absolute atomic E-state index is 0.0180. The number of carbonyl (C=O) groups excluding carboxylic acids is 2. The van der Waals surface area contributed by atoms with Crippen molar-refractivity contribution in [2.45, 2.75) is 12.6 Å². The van der Waals surface area contributed by atoms with Gasteiger partial charge in [-0.15, -0.1) is 0 Å². The SMILES string of the molecule is NCC1CN(C(=O)OCc2ccccc2)CC(=O)N1. The van der Waals surface area contributed by atoms with Crippen molar-refractivity contribution in [3.63, 3.8) is 0 Å². The first-order chi connectivity index (χ1) is 9.19. The standard InChI is InChI=1S/C13H17N3O3/c14-6-11-7-16(8-12(17)15-11)13(18)19-9-10-4-2-1-3-5-10/h1-5,11H,6-9,14H2,(H,15,17). The Bertz CT molecular complexity index is 450. The lowest BCUT2D eigenvalue weighted by molar-refractivity contribution is -0.125. The highest BCUT2D eigenvalue weighted by Crippen LogP contribution is 2.06. The lowest BCUT2D eigenvalue weighted by atomic mass is 10.2. The normalized spacial score (nSPS) is 18.9. The van der Waals surface area contributed by atoms with E-state index in [-0.39, 0.29) is 25.1 Å². The zero-order valence-corrected chi connectivity index (χ0v) is 10.5. The first-order valence-electron chi connectivity index (χ1n) is 6.14. The number of nitrogens with two attached hydrogens (primary N) is 1. The summed E-state index contributed by atoms with van der Waals surface area (Å²) in [6.45, 7) is 0.902. The third kappa shape index (κ3) is 3.69. The van der Waals surface area contributed by atoms with Crippen LogP contribution < -0.4 is 11.1 Å². The van der Waals surface area contributed by atoms with Crippen molar-refractivity contribution < 1.29 is 14.3 Å². The Kier molecular flexibility index (Phi) is 4.35. The minimum Gasteiger partial charge on any atom is -0.445 e. The molecule has 3 N–H and O–H groups in total. The molecule has 1 saturated heterocycles. The van der Waals surface area contributed by atoms with E-state index in [0.29, 0.717) is 13.1 Å². The van der Waals surface area contributed by atoms with Gasteiger partial charge in [0.2, 0.25) is 5.91 Å². The fraction of sp³-hybridized carbons (Fsp3) is 0.385. The third-order valence-electron chi connectivity index (χ3n) is 2.89. The summed E-state index contributed by atoms with van der Waals surface area (Å²) in [5.74, 6) is -0.210. The maximum Gasteiger partial charge on any atom is 0.410 e. The molecule has 1 fully saturated rings. The molecule has 19 heavy (non-hydrogen) atoms. The van der Waals surface area contributed by atoms with E-state index >= 15 is 0 Å². The van der Waals surface area contributed by atoms with Crippen LogP contribution in [-0.4, -0.2) is 42.6 Å². The number of nitrogens with one attached hydrogen (secondary N) is 1. The predicted molar refractivity (Wildman–Crippen MR) is 69.2 cm³/mol. The van der Waals surface area contributed by atoms with Gasteiger partial charge in [0.25, 0.3) is 0 Å². The molecule has 0 saturated carbocycles. The summed E-state index contributed by atoms with van der Waals surface area (Å²) in [6, 6.07) is 9.19. The van der Waals surface area contributed by atoms with Crippen molar-refractivity contribution in [2.75, 3.05) is 19.6 Å². The Morgan fingerprint density at radius 2 is 2.16 bits per heavy atom. The molecule has 0 bridgehead atoms. The molecule has 1 heterocycles. The summed E-state index contributed by atoms with van der Waals surface area (Å²) < 4.78 is 5.17. The van der Waals surface area contributed by atoms with Crippen LogP contribution in [0.3, 0.4) is 0 Å². The van der Waals surface area contributed by atoms with Gasteiger partial charge in [-0.3, -0.25) is 9.69 Å². The Balaban J connectivity index is 1.87. The third-order valence-corrected chi connectivity index (χ3v) is 2.89. The Morgan fingerprint density at radius 3 is 2.84 bits per heavy atom. The molecule has 1 aromatic carbocycles. The lowest BCUT2D eigenvalue weighted by Crippen LogP contribution is -2.58. The second kappa shape index (κ2) is 6.19. The topological polar surface area (TPSA) is 84.7 Å². The number of hydrogen-bond donors (Lipinski definition) is 2. The Morgan fingerprint density at radius 1 is 1.42 bits per heavy atom. The molecule has 1 aliphatic rings. The van der Waals surface area contributed by atoms with Gasteiger partial charge in [-0.05, 0) is 5.56 Å². The van der Waals surface area contributed by atoms with Gasteiger partial charge in [0, 0.05) is 13.1 Å². The molecule has 6 heteroatoms. The first-order valence-corrected chi connectivity index (χ1v) is 6.14. The Labute approximate surface area is 111 Å². The maximum atomic E-state index is 11.9. The number of ether oxygens (including phenoxy) is 1. The highest BCUT2D eigenvalue weighted by atomic mass is 16.6. The molecule has 1 atom stereocenters. The fourth-order valence-electron chi connectivity index (χ4n) is 1.91. The lowest BCUT2D eigenvalue weighted by Gasteiger charge is -2.31. The van der Waals surface area contributed by atoms with Gasteiger partial charge in [0.05, 0.1) is 6.04 Å². The summed E-state index contributed by atoms with van der Waals surface area (Å²) in [5, 5.41) is 2.71. The van der Waals surface area contributed by atoms with E-state index in [9.17, 15) is 9.59 Å². The molecule has 0 aliphatic carbocycles. The van der Waals surface area contributed by atoms with Gasteiger partial charge in [-0.2, -0.15) is 0 Å². The number of rotatable bonds is 3. The van der Waals surface area contributed by atoms with Crippen molar-refractivity contribution in [1.82, 2.24) is 10.2 Å². The van der Waals surface area contributed by atoms with E-state index in [1.807, 2.05) is 30.3 Å². The number of hydrogen-bond acceptors (Lipinski definition) is 4. The maximum absolute atomic E-state index is 11.9. The van der Waals surface area contributed by atoms with Crippen molar-refractivity contribution in [1.29, 1.82) is 0 Å². The van der Waals surface area contributed by atoms with Gasteiger partial charge >= 0.3 is 6.09 Å². The molecule has 6 nitrogen and oxygen atoms in total. The minimum atomic E-state index is -0.489. The average molecular weight is 263 g/mol. The molecule has 0 spiro atoms. The summed E-state index contributed by atoms with van der Waals surface area (Å²) in [5.41, 5.74) is 6.41. The van der Waals surface area contributed by atoms with Crippen LogP contribution >= 0.6 is 0 Å². The van der Waals surface area contributed by atoms with Crippen LogP contribution in [0.5, 0.6) is 0 Å². The van der Waals surface area contributed by atoms with E-state index in [1.54, 1.807) is 0 Å². The van der Waals surface area contributed by atoms with Gasteiger partial charge in [0.1, 0.15) is 13.2 Å². The molecule has 1 aliphatic heterocycles. The summed E-state index contributed by atoms with van der Waals surface area (Å²) in [6.07, 6.45) is -0.489. The highest BCUT2D eigenvalue weighted by molar-refractivity contribution is 5.83. The van der Waals surface area contributed by atoms with Crippen LogP contribution in [0.2, 0.25) is 0 Å². The summed E-state index contributed by atoms with van der Waals surface area (Å²) >= 11 is 0. The van der Waals surface area contributed by atoms with Crippen molar-refractivity contribution in [3.05, 3.63) is 35.9 Å². The van der Waals surface area contributed by atoms with E-state index < -0.39 is 6.09 Å². The highest BCUT2D eigenvalue weighted by Gasteiger charge is 2.27. The largest absolute Gasteiger partial charge is 0.445 e. The Hall–Kier alpha value is -2.08. The number of benzene rings is 1. The van der Waals surface area contributed by atoms with Crippen LogP contribution in [0.1, 0.15) is 5.56 Å². The van der Waals surface area contributed by atoms with Crippen molar-refractivity contribution in [3.8, 4) is 0 Å². The van der Waals surface area contributed by atoms with Gasteiger partial charge < -0.3 is 15.8 Å². The fourth-order valence-corrected chi connectivity index (χ4v) is 1.91. The van der Waals surface area contributed by atoms with Crippen LogP contribution in [0.25, 0.3) is 0 Å². The molecular formula is C13H17N3O3. The van der Waals surface area contributed by atoms with E-state index in [4.69, 9.17) is 10.5 Å².